The van der Waals surface area contributed by atoms with Gasteiger partial charge in [-0.1, -0.05) is 62.4 Å². The maximum atomic E-state index is 13.9. The Kier molecular flexibility index (Phi) is 10.2. The number of carbonyl (C=O) groups excluding carboxylic acids is 2. The third-order valence-corrected chi connectivity index (χ3v) is 9.30. The lowest BCUT2D eigenvalue weighted by molar-refractivity contribution is -0.140. The third kappa shape index (κ3) is 7.16. The van der Waals surface area contributed by atoms with Crippen molar-refractivity contribution in [2.75, 3.05) is 26.8 Å². The molecule has 2 fully saturated rings. The van der Waals surface area contributed by atoms with Gasteiger partial charge in [0.1, 0.15) is 11.8 Å². The number of benzene rings is 1. The second-order valence-electron chi connectivity index (χ2n) is 12.7. The van der Waals surface area contributed by atoms with Gasteiger partial charge >= 0.3 is 0 Å². The summed E-state index contributed by atoms with van der Waals surface area (Å²) in [5.41, 5.74) is 1.03. The van der Waals surface area contributed by atoms with Crippen LogP contribution >= 0.6 is 0 Å². The molecule has 228 valence electrons. The average molecular weight is 578 g/mol. The van der Waals surface area contributed by atoms with Crippen molar-refractivity contribution < 1.29 is 24.2 Å². The van der Waals surface area contributed by atoms with Gasteiger partial charge in [0.25, 0.3) is 0 Å². The topological polar surface area (TPSA) is 100 Å². The number of nitrogens with one attached hydrogen (secondary N) is 2. The van der Waals surface area contributed by atoms with Gasteiger partial charge in [0, 0.05) is 36.9 Å². The highest BCUT2D eigenvalue weighted by Crippen LogP contribution is 2.40. The Labute approximate surface area is 250 Å². The predicted octanol–water partition coefficient (Wildman–Crippen LogP) is 3.38. The number of hydrogen-bond acceptors (Lipinski definition) is 6. The molecule has 0 radical (unpaired) electrons. The summed E-state index contributed by atoms with van der Waals surface area (Å²) in [5, 5.41) is 18.3. The summed E-state index contributed by atoms with van der Waals surface area (Å²) in [7, 11) is 1.68. The van der Waals surface area contributed by atoms with E-state index in [9.17, 15) is 14.7 Å². The van der Waals surface area contributed by atoms with Gasteiger partial charge in [-0.05, 0) is 55.7 Å². The minimum atomic E-state index is -0.832. The number of ether oxygens (including phenoxy) is 2. The molecule has 8 heteroatoms. The van der Waals surface area contributed by atoms with Gasteiger partial charge in [-0.3, -0.25) is 9.59 Å². The van der Waals surface area contributed by atoms with Crippen LogP contribution in [0.25, 0.3) is 0 Å². The molecule has 2 bridgehead atoms. The maximum absolute atomic E-state index is 13.9. The molecular weight excluding hydrogens is 530 g/mol. The van der Waals surface area contributed by atoms with Crippen molar-refractivity contribution in [3.8, 4) is 0 Å². The van der Waals surface area contributed by atoms with Crippen molar-refractivity contribution >= 4 is 11.8 Å². The zero-order valence-electron chi connectivity index (χ0n) is 25.2. The lowest BCUT2D eigenvalue weighted by Crippen LogP contribution is -2.55. The number of nitrogens with zero attached hydrogens (tertiary/aromatic N) is 1. The lowest BCUT2D eigenvalue weighted by atomic mass is 9.88. The van der Waals surface area contributed by atoms with E-state index in [0.717, 1.165) is 30.6 Å². The molecule has 4 aliphatic rings. The second-order valence-corrected chi connectivity index (χ2v) is 12.7. The van der Waals surface area contributed by atoms with E-state index in [2.05, 4.69) is 36.6 Å². The smallest absolute Gasteiger partial charge is 0.243 e. The molecule has 0 spiro atoms. The largest absolute Gasteiger partial charge is 0.497 e. The van der Waals surface area contributed by atoms with Gasteiger partial charge in [-0.25, -0.2) is 0 Å². The molecule has 3 N–H and O–H groups in total. The molecule has 2 aliphatic heterocycles. The number of amides is 2. The molecule has 1 aromatic carbocycles. The summed E-state index contributed by atoms with van der Waals surface area (Å²) in [5.74, 6) is 1.45. The van der Waals surface area contributed by atoms with E-state index in [1.165, 1.54) is 0 Å². The summed E-state index contributed by atoms with van der Waals surface area (Å²) < 4.78 is 11.9. The first-order valence-electron chi connectivity index (χ1n) is 15.6. The van der Waals surface area contributed by atoms with Crippen LogP contribution in [0.15, 0.2) is 66.5 Å². The third-order valence-electron chi connectivity index (χ3n) is 9.30. The van der Waals surface area contributed by atoms with Crippen molar-refractivity contribution in [3.63, 3.8) is 0 Å². The SMILES string of the molecule is COC1=CC2C(C=C1)[C@H]1C[C@@H]2NC[C@@H](O)[C@H](Cc2ccccc2)NC(=O)C(N2CC[C@H](CC(C)C)C2=O)CC=CCO1. The summed E-state index contributed by atoms with van der Waals surface area (Å²) >= 11 is 0. The number of hydrogen-bond donors (Lipinski definition) is 3. The van der Waals surface area contributed by atoms with Gasteiger partial charge < -0.3 is 30.1 Å². The Balaban J connectivity index is 1.39. The minimum absolute atomic E-state index is 0.0259. The number of likely N-dealkylation sites (tertiary alicyclic amines) is 1. The molecular formula is C34H47N3O5. The maximum Gasteiger partial charge on any atom is 0.243 e. The zero-order chi connectivity index (χ0) is 29.6. The van der Waals surface area contributed by atoms with E-state index in [1.54, 1.807) is 12.0 Å². The monoisotopic (exact) mass is 577 g/mol. The van der Waals surface area contributed by atoms with Crippen LogP contribution in [0.1, 0.15) is 45.1 Å². The molecule has 2 amide bonds. The average Bonchev–Trinajstić information content (AvgIpc) is 3.51. The zero-order valence-corrected chi connectivity index (χ0v) is 25.2. The van der Waals surface area contributed by atoms with Crippen LogP contribution in [0.4, 0.5) is 0 Å². The Morgan fingerprint density at radius 3 is 2.71 bits per heavy atom. The minimum Gasteiger partial charge on any atom is -0.497 e. The fourth-order valence-corrected chi connectivity index (χ4v) is 7.10. The highest BCUT2D eigenvalue weighted by atomic mass is 16.5. The number of rotatable bonds is 6. The number of aliphatic hydroxyl groups is 1. The second kappa shape index (κ2) is 14.0. The van der Waals surface area contributed by atoms with Crippen LogP contribution in [0.3, 0.4) is 0 Å². The van der Waals surface area contributed by atoms with Crippen molar-refractivity contribution in [1.82, 2.24) is 15.5 Å². The first-order chi connectivity index (χ1) is 20.3. The van der Waals surface area contributed by atoms with Gasteiger partial charge in [0.15, 0.2) is 0 Å². The fourth-order valence-electron chi connectivity index (χ4n) is 7.10. The Bertz CT molecular complexity index is 1160. The van der Waals surface area contributed by atoms with Crippen LogP contribution in [0.2, 0.25) is 0 Å². The molecule has 8 nitrogen and oxygen atoms in total. The van der Waals surface area contributed by atoms with Gasteiger partial charge in [0.05, 0.1) is 32.0 Å². The molecule has 1 saturated carbocycles. The molecule has 2 aliphatic carbocycles. The fraction of sp³-hybridized carbons (Fsp3) is 0.588. The van der Waals surface area contributed by atoms with Crippen LogP contribution in [0, 0.1) is 23.7 Å². The van der Waals surface area contributed by atoms with Crippen LogP contribution in [-0.2, 0) is 25.5 Å². The number of β-amino-alcohol motifs (C(OH)–C–C–N with tert-alkyl or cyclic N) is 1. The summed E-state index contributed by atoms with van der Waals surface area (Å²) in [6, 6.07) is 8.86. The van der Waals surface area contributed by atoms with Crippen LogP contribution < -0.4 is 10.6 Å². The van der Waals surface area contributed by atoms with Crippen LogP contribution in [0.5, 0.6) is 0 Å². The summed E-state index contributed by atoms with van der Waals surface area (Å²) in [6.07, 6.45) is 12.8. The number of aliphatic hydroxyl groups excluding tert-OH is 1. The number of methoxy groups -OCH3 is 1. The molecule has 8 atom stereocenters. The number of fused-ring (bicyclic) bond motifs is 5. The molecule has 2 heterocycles. The Morgan fingerprint density at radius 1 is 1.14 bits per heavy atom. The van der Waals surface area contributed by atoms with E-state index in [0.29, 0.717) is 38.5 Å². The summed E-state index contributed by atoms with van der Waals surface area (Å²) in [6.45, 7) is 5.59. The quantitative estimate of drug-likeness (QED) is 0.449. The van der Waals surface area contributed by atoms with Crippen molar-refractivity contribution in [3.05, 3.63) is 72.0 Å². The molecule has 3 unspecified atom stereocenters. The normalized spacial score (nSPS) is 34.0. The lowest BCUT2D eigenvalue weighted by Gasteiger charge is -2.32. The van der Waals surface area contributed by atoms with Crippen molar-refractivity contribution in [1.29, 1.82) is 0 Å². The van der Waals surface area contributed by atoms with E-state index >= 15 is 0 Å². The van der Waals surface area contributed by atoms with E-state index in [1.807, 2.05) is 48.6 Å². The van der Waals surface area contributed by atoms with E-state index in [-0.39, 0.29) is 41.7 Å². The van der Waals surface area contributed by atoms with Gasteiger partial charge in [-0.2, -0.15) is 0 Å². The number of allylic oxidation sites excluding steroid dienone is 1. The standard InChI is InChI=1S/C34H47N3O5/c1-22(2)17-24-14-15-37(34(24)40)30-11-7-8-16-42-32-20-28(27-19-25(41-3)12-13-26(27)32)35-21-31(38)29(36-33(30)39)18-23-9-5-4-6-10-23/h4-10,12-13,19,22,24,26-32,35,38H,11,14-18,20-21H2,1-3H3,(H,36,39)/t24-,26?,27?,28+,29+,30?,31-,32-/m1/s1. The van der Waals surface area contributed by atoms with E-state index < -0.39 is 18.2 Å². The first-order valence-corrected chi connectivity index (χ1v) is 15.6. The predicted molar refractivity (Wildman–Crippen MR) is 162 cm³/mol. The Morgan fingerprint density at radius 2 is 1.95 bits per heavy atom. The van der Waals surface area contributed by atoms with E-state index in [4.69, 9.17) is 9.47 Å². The van der Waals surface area contributed by atoms with Gasteiger partial charge in [0.2, 0.25) is 11.8 Å². The molecule has 1 aromatic rings. The molecule has 1 saturated heterocycles. The van der Waals surface area contributed by atoms with Gasteiger partial charge in [-0.15, -0.1) is 0 Å². The van der Waals surface area contributed by atoms with Crippen molar-refractivity contribution in [2.24, 2.45) is 23.7 Å². The number of carbonyl (C=O) groups is 2. The summed E-state index contributed by atoms with van der Waals surface area (Å²) in [4.78, 5) is 29.1. The van der Waals surface area contributed by atoms with Crippen molar-refractivity contribution in [2.45, 2.75) is 76.3 Å². The van der Waals surface area contributed by atoms with Crippen LogP contribution in [-0.4, -0.2) is 79.0 Å². The Hall–Kier alpha value is -2.94. The molecule has 5 rings (SSSR count). The first kappa shape index (κ1) is 30.5. The highest BCUT2D eigenvalue weighted by molar-refractivity contribution is 5.90. The molecule has 0 aromatic heterocycles. The highest BCUT2D eigenvalue weighted by Gasteiger charge is 2.44. The molecule has 42 heavy (non-hydrogen) atoms.